The van der Waals surface area contributed by atoms with Gasteiger partial charge in [0.25, 0.3) is 0 Å². The number of thioether (sulfide) groups is 2. The van der Waals surface area contributed by atoms with Gasteiger partial charge in [-0.15, -0.1) is 23.5 Å². The molecule has 6 aromatic rings. The van der Waals surface area contributed by atoms with Crippen LogP contribution in [0.25, 0.3) is 21.8 Å². The molecule has 0 aliphatic carbocycles. The van der Waals surface area contributed by atoms with Crippen molar-refractivity contribution in [1.82, 2.24) is 24.7 Å². The standard InChI is InChI=1S/C25H29N3O2S.C22H24N2OS/c1-2-6-22(7-3-1)31-18-21-16-20-17-28(11-5-10-27-12-14-29-15-13-27)19-30-25(20)24-23(21)8-4-9-26-24;1-22(2,3)24-13-16-12-17(14-26-18-8-5-4-6-9-18)19-10-7-11-23-20(19)21(16)25-15-24/h1-4,6-9,16H,5,10-15,17-19H2;4-12H,13-15H2,1-3H3. The number of morpholine rings is 1. The summed E-state index contributed by atoms with van der Waals surface area (Å²) in [5.41, 5.74) is 7.21. The quantitative estimate of drug-likeness (QED) is 0.125. The first-order valence-electron chi connectivity index (χ1n) is 20.1. The lowest BCUT2D eigenvalue weighted by molar-refractivity contribution is 0.0227. The van der Waals surface area contributed by atoms with Crippen molar-refractivity contribution in [2.45, 2.75) is 67.1 Å². The fourth-order valence-electron chi connectivity index (χ4n) is 7.61. The van der Waals surface area contributed by atoms with Gasteiger partial charge in [0.05, 0.1) is 13.2 Å². The summed E-state index contributed by atoms with van der Waals surface area (Å²) in [6, 6.07) is 34.1. The number of benzene rings is 4. The first kappa shape index (κ1) is 39.7. The molecule has 3 aliphatic rings. The normalized spacial score (nSPS) is 16.3. The second-order valence-corrected chi connectivity index (χ2v) is 17.9. The van der Waals surface area contributed by atoms with Crippen molar-refractivity contribution in [3.63, 3.8) is 0 Å². The van der Waals surface area contributed by atoms with E-state index in [1.807, 2.05) is 48.1 Å². The molecule has 0 spiro atoms. The molecule has 0 amide bonds. The van der Waals surface area contributed by atoms with Crippen LogP contribution in [0.1, 0.15) is 49.4 Å². The number of pyridine rings is 2. The summed E-state index contributed by atoms with van der Waals surface area (Å²) in [5.74, 6) is 3.77. The number of aromatic nitrogens is 2. The van der Waals surface area contributed by atoms with Crippen LogP contribution in [-0.4, -0.2) is 83.1 Å². The average Bonchev–Trinajstić information content (AvgIpc) is 3.25. The summed E-state index contributed by atoms with van der Waals surface area (Å²) in [6.45, 7) is 15.8. The molecule has 0 bridgehead atoms. The monoisotopic (exact) mass is 799 g/mol. The third kappa shape index (κ3) is 9.94. The maximum atomic E-state index is 6.23. The lowest BCUT2D eigenvalue weighted by Gasteiger charge is -2.39. The maximum Gasteiger partial charge on any atom is 0.152 e. The van der Waals surface area contributed by atoms with Gasteiger partial charge < -0.3 is 14.2 Å². The van der Waals surface area contributed by atoms with E-state index in [1.54, 1.807) is 0 Å². The molecule has 0 saturated carbocycles. The zero-order valence-electron chi connectivity index (χ0n) is 33.4. The molecule has 0 unspecified atom stereocenters. The first-order chi connectivity index (χ1) is 27.9. The van der Waals surface area contributed by atoms with Gasteiger partial charge in [0.2, 0.25) is 0 Å². The second-order valence-electron chi connectivity index (χ2n) is 15.8. The smallest absolute Gasteiger partial charge is 0.152 e. The summed E-state index contributed by atoms with van der Waals surface area (Å²) >= 11 is 3.73. The third-order valence-electron chi connectivity index (χ3n) is 10.8. The van der Waals surface area contributed by atoms with Crippen LogP contribution in [0.2, 0.25) is 0 Å². The fourth-order valence-corrected chi connectivity index (χ4v) is 9.43. The Balaban J connectivity index is 0.000000162. The Hall–Kier alpha value is -4.16. The number of nitrogens with zero attached hydrogens (tertiary/aromatic N) is 5. The van der Waals surface area contributed by atoms with Crippen molar-refractivity contribution in [2.75, 3.05) is 52.9 Å². The molecule has 0 radical (unpaired) electrons. The molecule has 0 N–H and O–H groups in total. The number of hydrogen-bond acceptors (Lipinski definition) is 10. The van der Waals surface area contributed by atoms with E-state index in [4.69, 9.17) is 14.2 Å². The summed E-state index contributed by atoms with van der Waals surface area (Å²) in [7, 11) is 0. The summed E-state index contributed by atoms with van der Waals surface area (Å²) in [4.78, 5) is 19.2. The van der Waals surface area contributed by atoms with Crippen molar-refractivity contribution in [3.05, 3.63) is 132 Å². The van der Waals surface area contributed by atoms with E-state index in [2.05, 4.69) is 130 Å². The van der Waals surface area contributed by atoms with E-state index in [9.17, 15) is 0 Å². The van der Waals surface area contributed by atoms with E-state index in [-0.39, 0.29) is 5.54 Å². The number of fused-ring (bicyclic) bond motifs is 6. The van der Waals surface area contributed by atoms with Gasteiger partial charge in [0, 0.05) is 93.9 Å². The molecule has 57 heavy (non-hydrogen) atoms. The predicted octanol–water partition coefficient (Wildman–Crippen LogP) is 9.88. The van der Waals surface area contributed by atoms with E-state index < -0.39 is 0 Å². The summed E-state index contributed by atoms with van der Waals surface area (Å²) in [5, 5.41) is 2.39. The summed E-state index contributed by atoms with van der Waals surface area (Å²) in [6.07, 6.45) is 4.88. The average molecular weight is 800 g/mol. The van der Waals surface area contributed by atoms with E-state index in [0.717, 1.165) is 92.9 Å². The molecule has 8 nitrogen and oxygen atoms in total. The highest BCUT2D eigenvalue weighted by molar-refractivity contribution is 7.98. The molecule has 4 aromatic carbocycles. The highest BCUT2D eigenvalue weighted by Crippen LogP contribution is 2.39. The Morgan fingerprint density at radius 3 is 1.70 bits per heavy atom. The molecule has 0 atom stereocenters. The molecule has 296 valence electrons. The molecular weight excluding hydrogens is 747 g/mol. The predicted molar refractivity (Wildman–Crippen MR) is 234 cm³/mol. The lowest BCUT2D eigenvalue weighted by Crippen LogP contribution is -2.45. The van der Waals surface area contributed by atoms with Gasteiger partial charge >= 0.3 is 0 Å². The molecule has 1 fully saturated rings. The first-order valence-corrected chi connectivity index (χ1v) is 22.0. The van der Waals surface area contributed by atoms with E-state index >= 15 is 0 Å². The molecule has 2 aromatic heterocycles. The van der Waals surface area contributed by atoms with Crippen LogP contribution >= 0.6 is 23.5 Å². The molecule has 1 saturated heterocycles. The second kappa shape index (κ2) is 18.6. The van der Waals surface area contributed by atoms with Crippen LogP contribution in [0.15, 0.2) is 119 Å². The van der Waals surface area contributed by atoms with Gasteiger partial charge in [-0.2, -0.15) is 0 Å². The minimum atomic E-state index is 0.0791. The SMILES string of the molecule is CC(C)(C)N1COc2c(cc(CSc3ccccc3)c3cccnc23)C1.c1ccc(SCc2cc3c(c4ncccc24)OCN(CCCN2CCOCC2)C3)cc1. The van der Waals surface area contributed by atoms with Crippen LogP contribution in [0.4, 0.5) is 0 Å². The van der Waals surface area contributed by atoms with Crippen molar-refractivity contribution in [3.8, 4) is 11.5 Å². The van der Waals surface area contributed by atoms with Gasteiger partial charge in [-0.1, -0.05) is 48.5 Å². The van der Waals surface area contributed by atoms with Crippen molar-refractivity contribution >= 4 is 45.3 Å². The largest absolute Gasteiger partial charge is 0.475 e. The highest BCUT2D eigenvalue weighted by Gasteiger charge is 2.29. The lowest BCUT2D eigenvalue weighted by atomic mass is 10.00. The molecule has 9 rings (SSSR count). The van der Waals surface area contributed by atoms with Gasteiger partial charge in [0.15, 0.2) is 11.5 Å². The Labute approximate surface area is 345 Å². The molecular formula is C47H53N5O3S2. The van der Waals surface area contributed by atoms with E-state index in [0.29, 0.717) is 13.5 Å². The van der Waals surface area contributed by atoms with Crippen LogP contribution in [0.5, 0.6) is 11.5 Å². The minimum Gasteiger partial charge on any atom is -0.475 e. The van der Waals surface area contributed by atoms with E-state index in [1.165, 1.54) is 42.8 Å². The van der Waals surface area contributed by atoms with Crippen LogP contribution < -0.4 is 9.47 Å². The molecule has 10 heteroatoms. The number of hydrogen-bond donors (Lipinski definition) is 0. The molecule has 5 heterocycles. The topological polar surface area (TPSA) is 63.2 Å². The molecule has 3 aliphatic heterocycles. The van der Waals surface area contributed by atoms with Crippen molar-refractivity contribution < 1.29 is 14.2 Å². The number of ether oxygens (including phenoxy) is 3. The minimum absolute atomic E-state index is 0.0791. The Bertz CT molecular complexity index is 2250. The third-order valence-corrected chi connectivity index (χ3v) is 12.9. The highest BCUT2D eigenvalue weighted by atomic mass is 32.2. The number of rotatable bonds is 10. The Morgan fingerprint density at radius 2 is 1.14 bits per heavy atom. The van der Waals surface area contributed by atoms with Crippen molar-refractivity contribution in [1.29, 1.82) is 0 Å². The van der Waals surface area contributed by atoms with Gasteiger partial charge in [-0.3, -0.25) is 24.7 Å². The Kier molecular flexibility index (Phi) is 13.0. The van der Waals surface area contributed by atoms with Crippen molar-refractivity contribution in [2.24, 2.45) is 0 Å². The summed E-state index contributed by atoms with van der Waals surface area (Å²) < 4.78 is 17.8. The van der Waals surface area contributed by atoms with Crippen LogP contribution in [0.3, 0.4) is 0 Å². The zero-order valence-corrected chi connectivity index (χ0v) is 35.0. The maximum absolute atomic E-state index is 6.23. The fraction of sp³-hybridized carbons (Fsp3) is 0.362. The van der Waals surface area contributed by atoms with Crippen LogP contribution in [-0.2, 0) is 29.3 Å². The van der Waals surface area contributed by atoms with Crippen LogP contribution in [0, 0.1) is 0 Å². The van der Waals surface area contributed by atoms with Gasteiger partial charge in [-0.05, 0) is 93.4 Å². The van der Waals surface area contributed by atoms with Gasteiger partial charge in [-0.25, -0.2) is 0 Å². The Morgan fingerprint density at radius 1 is 0.614 bits per heavy atom. The zero-order chi connectivity index (χ0) is 39.0. The van der Waals surface area contributed by atoms with Gasteiger partial charge in [0.1, 0.15) is 24.5 Å².